The number of benzene rings is 1. The van der Waals surface area contributed by atoms with Crippen molar-refractivity contribution < 1.29 is 0 Å². The van der Waals surface area contributed by atoms with Crippen molar-refractivity contribution in [1.29, 1.82) is 0 Å². The number of aryl methyl sites for hydroxylation is 1. The number of rotatable bonds is 3. The highest BCUT2D eigenvalue weighted by Crippen LogP contribution is 2.19. The number of hydrogen-bond donors (Lipinski definition) is 1. The van der Waals surface area contributed by atoms with Gasteiger partial charge >= 0.3 is 0 Å². The lowest BCUT2D eigenvalue weighted by molar-refractivity contribution is 0.0695. The average Bonchev–Trinajstić information content (AvgIpc) is 2.34. The molecule has 0 aromatic heterocycles. The van der Waals surface area contributed by atoms with E-state index in [0.29, 0.717) is 0 Å². The molecule has 1 aromatic rings. The fourth-order valence-corrected chi connectivity index (χ4v) is 3.13. The van der Waals surface area contributed by atoms with E-state index in [-0.39, 0.29) is 0 Å². The molecule has 3 rings (SSSR count). The molecule has 2 heterocycles. The summed E-state index contributed by atoms with van der Waals surface area (Å²) in [5, 5.41) is 3.36. The molecule has 2 aliphatic rings. The first-order valence-corrected chi connectivity index (χ1v) is 7.94. The van der Waals surface area contributed by atoms with Gasteiger partial charge in [0.1, 0.15) is 0 Å². The quantitative estimate of drug-likeness (QED) is 0.915. The maximum Gasteiger partial charge on any atom is 0.0346 e. The van der Waals surface area contributed by atoms with Gasteiger partial charge in [-0.15, -0.1) is 0 Å². The molecule has 0 unspecified atom stereocenters. The molecule has 1 N–H and O–H groups in total. The number of halogens is 1. The van der Waals surface area contributed by atoms with Gasteiger partial charge in [-0.2, -0.15) is 0 Å². The molecule has 0 bridgehead atoms. The average molecular weight is 324 g/mol. The van der Waals surface area contributed by atoms with Crippen LogP contribution >= 0.6 is 15.9 Å². The Balaban J connectivity index is 1.52. The maximum atomic E-state index is 3.57. The van der Waals surface area contributed by atoms with Crippen LogP contribution in [-0.2, 0) is 6.54 Å². The van der Waals surface area contributed by atoms with E-state index in [4.69, 9.17) is 0 Å². The fraction of sp³-hybridized carbons (Fsp3) is 0.600. The summed E-state index contributed by atoms with van der Waals surface area (Å²) in [5.74, 6) is 0. The molecule has 4 heteroatoms. The van der Waals surface area contributed by atoms with E-state index in [9.17, 15) is 0 Å². The van der Waals surface area contributed by atoms with Gasteiger partial charge in [-0.05, 0) is 24.1 Å². The maximum absolute atomic E-state index is 3.57. The van der Waals surface area contributed by atoms with Crippen LogP contribution in [0.15, 0.2) is 22.7 Å². The molecule has 1 aromatic carbocycles. The predicted octanol–water partition coefficient (Wildman–Crippen LogP) is 1.85. The Labute approximate surface area is 124 Å². The van der Waals surface area contributed by atoms with Crippen molar-refractivity contribution in [2.45, 2.75) is 19.5 Å². The smallest absolute Gasteiger partial charge is 0.0346 e. The summed E-state index contributed by atoms with van der Waals surface area (Å²) < 4.78 is 1.21. The summed E-state index contributed by atoms with van der Waals surface area (Å²) in [6.07, 6.45) is 0. The Morgan fingerprint density at radius 3 is 2.53 bits per heavy atom. The van der Waals surface area contributed by atoms with Crippen LogP contribution < -0.4 is 5.32 Å². The van der Waals surface area contributed by atoms with E-state index in [1.807, 2.05) is 0 Å². The third-order valence-electron chi connectivity index (χ3n) is 4.31. The molecule has 104 valence electrons. The van der Waals surface area contributed by atoms with E-state index >= 15 is 0 Å². The summed E-state index contributed by atoms with van der Waals surface area (Å²) in [6, 6.07) is 7.50. The van der Waals surface area contributed by atoms with Gasteiger partial charge in [0.25, 0.3) is 0 Å². The molecule has 0 radical (unpaired) electrons. The lowest BCUT2D eigenvalue weighted by atomic mass is 10.1. The first-order chi connectivity index (χ1) is 9.22. The highest BCUT2D eigenvalue weighted by atomic mass is 79.9. The molecule has 0 spiro atoms. The fourth-order valence-electron chi connectivity index (χ4n) is 2.88. The Morgan fingerprint density at radius 1 is 1.21 bits per heavy atom. The minimum absolute atomic E-state index is 0.803. The van der Waals surface area contributed by atoms with Crippen LogP contribution in [-0.4, -0.2) is 55.1 Å². The van der Waals surface area contributed by atoms with Crippen molar-refractivity contribution in [3.8, 4) is 0 Å². The van der Waals surface area contributed by atoms with Crippen LogP contribution in [0.2, 0.25) is 0 Å². The molecule has 2 fully saturated rings. The van der Waals surface area contributed by atoms with Crippen LogP contribution in [0, 0.1) is 6.92 Å². The van der Waals surface area contributed by atoms with Crippen molar-refractivity contribution in [3.63, 3.8) is 0 Å². The largest absolute Gasteiger partial charge is 0.314 e. The first-order valence-electron chi connectivity index (χ1n) is 7.14. The number of nitrogens with zero attached hydrogens (tertiary/aromatic N) is 2. The lowest BCUT2D eigenvalue weighted by Crippen LogP contribution is -2.61. The number of piperazine rings is 1. The SMILES string of the molecule is Cc1cc(CN2CCN(C3CNC3)CC2)ccc1Br. The Morgan fingerprint density at radius 2 is 1.95 bits per heavy atom. The molecule has 0 aliphatic carbocycles. The topological polar surface area (TPSA) is 18.5 Å². The standard InChI is InChI=1S/C15H22BrN3/c1-12-8-13(2-3-15(12)16)11-18-4-6-19(7-5-18)14-9-17-10-14/h2-3,8,14,17H,4-7,9-11H2,1H3. The van der Waals surface area contributed by atoms with Gasteiger partial charge in [-0.1, -0.05) is 28.1 Å². The number of hydrogen-bond acceptors (Lipinski definition) is 3. The summed E-state index contributed by atoms with van der Waals surface area (Å²) in [6.45, 7) is 10.5. The summed E-state index contributed by atoms with van der Waals surface area (Å²) in [4.78, 5) is 5.21. The minimum Gasteiger partial charge on any atom is -0.314 e. The van der Waals surface area contributed by atoms with Gasteiger partial charge in [0.05, 0.1) is 0 Å². The Kier molecular flexibility index (Phi) is 4.22. The molecular weight excluding hydrogens is 302 g/mol. The van der Waals surface area contributed by atoms with Gasteiger partial charge < -0.3 is 5.32 Å². The van der Waals surface area contributed by atoms with Gasteiger partial charge in [0, 0.05) is 56.3 Å². The third kappa shape index (κ3) is 3.19. The van der Waals surface area contributed by atoms with Crippen molar-refractivity contribution in [3.05, 3.63) is 33.8 Å². The van der Waals surface area contributed by atoms with Crippen molar-refractivity contribution >= 4 is 15.9 Å². The molecule has 0 atom stereocenters. The van der Waals surface area contributed by atoms with Crippen LogP contribution in [0.5, 0.6) is 0 Å². The zero-order valence-electron chi connectivity index (χ0n) is 11.5. The third-order valence-corrected chi connectivity index (χ3v) is 5.20. The Bertz CT molecular complexity index is 437. The minimum atomic E-state index is 0.803. The van der Waals surface area contributed by atoms with Crippen LogP contribution in [0.25, 0.3) is 0 Å². The normalized spacial score (nSPS) is 22.4. The molecule has 3 nitrogen and oxygen atoms in total. The summed E-state index contributed by atoms with van der Waals surface area (Å²) in [5.41, 5.74) is 2.76. The molecule has 0 saturated carbocycles. The van der Waals surface area contributed by atoms with E-state index in [2.05, 4.69) is 56.2 Å². The molecule has 19 heavy (non-hydrogen) atoms. The van der Waals surface area contributed by atoms with Crippen molar-refractivity contribution in [1.82, 2.24) is 15.1 Å². The molecule has 0 amide bonds. The summed E-state index contributed by atoms with van der Waals surface area (Å²) >= 11 is 3.57. The van der Waals surface area contributed by atoms with E-state index < -0.39 is 0 Å². The second kappa shape index (κ2) is 5.92. The Hall–Kier alpha value is -0.420. The van der Waals surface area contributed by atoms with Gasteiger partial charge in [0.15, 0.2) is 0 Å². The highest BCUT2D eigenvalue weighted by Gasteiger charge is 2.27. The first kappa shape index (κ1) is 13.6. The monoisotopic (exact) mass is 323 g/mol. The molecule has 2 saturated heterocycles. The zero-order valence-corrected chi connectivity index (χ0v) is 13.1. The van der Waals surface area contributed by atoms with E-state index in [1.165, 1.54) is 54.9 Å². The van der Waals surface area contributed by atoms with Crippen LogP contribution in [0.1, 0.15) is 11.1 Å². The highest BCUT2D eigenvalue weighted by molar-refractivity contribution is 9.10. The molecular formula is C15H22BrN3. The van der Waals surface area contributed by atoms with E-state index in [1.54, 1.807) is 0 Å². The second-order valence-electron chi connectivity index (χ2n) is 5.71. The van der Waals surface area contributed by atoms with Crippen molar-refractivity contribution in [2.24, 2.45) is 0 Å². The van der Waals surface area contributed by atoms with E-state index in [0.717, 1.165) is 12.6 Å². The van der Waals surface area contributed by atoms with Crippen LogP contribution in [0.4, 0.5) is 0 Å². The number of nitrogens with one attached hydrogen (secondary N) is 1. The molecule has 2 aliphatic heterocycles. The predicted molar refractivity (Wildman–Crippen MR) is 82.4 cm³/mol. The lowest BCUT2D eigenvalue weighted by Gasteiger charge is -2.43. The zero-order chi connectivity index (χ0) is 13.2. The van der Waals surface area contributed by atoms with Crippen molar-refractivity contribution in [2.75, 3.05) is 39.3 Å². The van der Waals surface area contributed by atoms with Gasteiger partial charge in [-0.25, -0.2) is 0 Å². The van der Waals surface area contributed by atoms with Gasteiger partial charge in [0.2, 0.25) is 0 Å². The van der Waals surface area contributed by atoms with Crippen LogP contribution in [0.3, 0.4) is 0 Å². The summed E-state index contributed by atoms with van der Waals surface area (Å²) in [7, 11) is 0. The second-order valence-corrected chi connectivity index (χ2v) is 6.56. The van der Waals surface area contributed by atoms with Gasteiger partial charge in [-0.3, -0.25) is 9.80 Å².